The molecule has 66 heavy (non-hydrogen) atoms. The first-order chi connectivity index (χ1) is 31.4. The van der Waals surface area contributed by atoms with E-state index in [4.69, 9.17) is 14.4 Å². The minimum Gasteiger partial charge on any atom is 0 e. The molecule has 0 unspecified atom stereocenters. The van der Waals surface area contributed by atoms with Crippen LogP contribution in [0.3, 0.4) is 0 Å². The van der Waals surface area contributed by atoms with Gasteiger partial charge in [0.2, 0.25) is 0 Å². The van der Waals surface area contributed by atoms with Gasteiger partial charge in [-0.2, -0.15) is 0 Å². The van der Waals surface area contributed by atoms with Crippen molar-refractivity contribution >= 4 is 50.6 Å². The quantitative estimate of drug-likeness (QED) is 0.107. The third kappa shape index (κ3) is 9.68. The molecule has 0 N–H and O–H groups in total. The molecular weight excluding hydrogens is 1040 g/mol. The van der Waals surface area contributed by atoms with E-state index in [2.05, 4.69) is 191 Å². The van der Waals surface area contributed by atoms with E-state index in [1.807, 2.05) is 12.1 Å². The molecule has 1 aliphatic rings. The molecule has 6 heteroatoms. The summed E-state index contributed by atoms with van der Waals surface area (Å²) in [6.45, 7) is 13.4. The topological polar surface area (TPSA) is 43.9 Å². The van der Waals surface area contributed by atoms with E-state index in [9.17, 15) is 0 Å². The maximum absolute atomic E-state index is 6.63. The van der Waals surface area contributed by atoms with E-state index in [1.54, 1.807) is 9.96 Å². The Kier molecular flexibility index (Phi) is 14.4. The van der Waals surface area contributed by atoms with Crippen LogP contribution in [0.4, 0.5) is 0 Å². The normalized spacial score (nSPS) is 13.4. The third-order valence-electron chi connectivity index (χ3n) is 13.4. The van der Waals surface area contributed by atoms with Crippen LogP contribution in [0.1, 0.15) is 99.5 Å². The average molecular weight is 1110 g/mol. The van der Waals surface area contributed by atoms with Gasteiger partial charge in [0.25, 0.3) is 0 Å². The summed E-state index contributed by atoms with van der Waals surface area (Å²) in [4.78, 5) is 10.1. The van der Waals surface area contributed by atoms with Gasteiger partial charge in [0, 0.05) is 31.2 Å². The summed E-state index contributed by atoms with van der Waals surface area (Å²) >= 11 is -1.89. The second-order valence-electron chi connectivity index (χ2n) is 20.1. The predicted molar refractivity (Wildman–Crippen MR) is 277 cm³/mol. The van der Waals surface area contributed by atoms with Gasteiger partial charge in [-0.3, -0.25) is 4.98 Å². The van der Waals surface area contributed by atoms with Crippen molar-refractivity contribution in [2.24, 2.45) is 5.92 Å². The summed E-state index contributed by atoms with van der Waals surface area (Å²) in [6.07, 6.45) is 10.5. The Labute approximate surface area is 409 Å². The molecule has 1 fully saturated rings. The van der Waals surface area contributed by atoms with Gasteiger partial charge in [-0.05, 0) is 76.9 Å². The zero-order valence-electron chi connectivity index (χ0n) is 40.2. The Morgan fingerprint density at radius 2 is 1.45 bits per heavy atom. The summed E-state index contributed by atoms with van der Waals surface area (Å²) in [6, 6.07) is 49.9. The van der Waals surface area contributed by atoms with Crippen LogP contribution in [0, 0.1) is 31.9 Å². The second kappa shape index (κ2) is 20.0. The number of aryl methyl sites for hydroxylation is 2. The van der Waals surface area contributed by atoms with Crippen LogP contribution in [0.15, 0.2) is 132 Å². The van der Waals surface area contributed by atoms with E-state index >= 15 is 0 Å². The van der Waals surface area contributed by atoms with Crippen molar-refractivity contribution in [2.75, 3.05) is 0 Å². The predicted octanol–water partition coefficient (Wildman–Crippen LogP) is 16.1. The van der Waals surface area contributed by atoms with Crippen molar-refractivity contribution in [1.29, 1.82) is 0 Å². The molecule has 0 amide bonds. The number of para-hydroxylation sites is 2. The van der Waals surface area contributed by atoms with Crippen molar-refractivity contribution in [2.45, 2.75) is 109 Å². The summed E-state index contributed by atoms with van der Waals surface area (Å²) in [5.41, 5.74) is 17.1. The second-order valence-corrected chi connectivity index (χ2v) is 30.6. The van der Waals surface area contributed by atoms with Crippen LogP contribution < -0.4 is 4.40 Å². The fourth-order valence-corrected chi connectivity index (χ4v) is 13.4. The van der Waals surface area contributed by atoms with E-state index in [0.29, 0.717) is 11.8 Å². The molecule has 3 heterocycles. The van der Waals surface area contributed by atoms with Gasteiger partial charge in [0.1, 0.15) is 5.58 Å². The van der Waals surface area contributed by atoms with Gasteiger partial charge < -0.3 is 8.98 Å². The number of furan rings is 1. The number of pyridine rings is 1. The van der Waals surface area contributed by atoms with Crippen LogP contribution in [0.2, 0.25) is 17.3 Å². The zero-order valence-corrected chi connectivity index (χ0v) is 44.7. The van der Waals surface area contributed by atoms with Crippen LogP contribution in [0.5, 0.6) is 0 Å². The molecule has 0 bridgehead atoms. The van der Waals surface area contributed by atoms with Gasteiger partial charge >= 0.3 is 144 Å². The fraction of sp³-hybridized carbons (Fsp3) is 0.300. The van der Waals surface area contributed by atoms with E-state index < -0.39 is 13.3 Å². The van der Waals surface area contributed by atoms with Crippen molar-refractivity contribution in [1.82, 2.24) is 14.5 Å². The summed E-state index contributed by atoms with van der Waals surface area (Å²) in [5.74, 6) is 9.77. The Bertz CT molecular complexity index is 3090. The molecule has 0 saturated heterocycles. The van der Waals surface area contributed by atoms with Crippen LogP contribution in [-0.4, -0.2) is 27.8 Å². The van der Waals surface area contributed by atoms with Crippen LogP contribution in [-0.2, 0) is 26.5 Å². The molecule has 339 valence electrons. The molecule has 0 aliphatic heterocycles. The molecular formula is C60H63GeIrN3O-2. The monoisotopic (exact) mass is 1110 g/mol. The van der Waals surface area contributed by atoms with E-state index in [0.717, 1.165) is 67.1 Å². The summed E-state index contributed by atoms with van der Waals surface area (Å²) in [5, 5.41) is 2.26. The Balaban J connectivity index is 0.000000209. The van der Waals surface area contributed by atoms with Gasteiger partial charge in [-0.25, -0.2) is 0 Å². The summed E-state index contributed by atoms with van der Waals surface area (Å²) in [7, 11) is 0. The van der Waals surface area contributed by atoms with E-state index in [1.165, 1.54) is 72.0 Å². The van der Waals surface area contributed by atoms with Crippen LogP contribution in [0.25, 0.3) is 72.4 Å². The molecule has 6 aromatic carbocycles. The largest absolute Gasteiger partial charge is 0 e. The number of rotatable bonds is 9. The third-order valence-corrected chi connectivity index (χ3v) is 17.8. The number of aromatic nitrogens is 3. The number of hydrogen-bond donors (Lipinski definition) is 0. The summed E-state index contributed by atoms with van der Waals surface area (Å²) < 4.78 is 10.6. The molecule has 1 aliphatic carbocycles. The molecule has 3 aromatic heterocycles. The minimum absolute atomic E-state index is 0. The Morgan fingerprint density at radius 1 is 0.758 bits per heavy atom. The fourth-order valence-electron chi connectivity index (χ4n) is 10.0. The SMILES string of the molecule is Cc1ccc2c(c1)oc1c(-c3nc4ccccc4n3-c3c(C(C)C)cc(-c4ccccc4)cc3C(C)C)[c-]cc(C)c12.[CH3][Ge]([CH3])([CH3])[c]1cnc(-c2[c-]cccc2)cc1CC1CCCCC1.[Ir]. The zero-order chi connectivity index (χ0) is 45.4. The molecule has 1 radical (unpaired) electrons. The van der Waals surface area contributed by atoms with Gasteiger partial charge in [0.05, 0.1) is 22.4 Å². The number of nitrogens with zero attached hydrogens (tertiary/aromatic N) is 3. The minimum atomic E-state index is -1.89. The van der Waals surface area contributed by atoms with Crippen molar-refractivity contribution < 1.29 is 24.5 Å². The Morgan fingerprint density at radius 3 is 2.14 bits per heavy atom. The van der Waals surface area contributed by atoms with E-state index in [-0.39, 0.29) is 20.1 Å². The standard InChI is InChI=1S/C39H35N2O.C21H28GeN.Ir/c1-23(2)31-21-28(27-12-8-7-9-13-27)22-32(24(3)4)37(31)41-34-15-11-10-14-33(34)40-39(41)30-19-17-26(6)36-29-18-16-25(5)20-35(29)42-38(30)36;1-22(2,3)20-16-23-21(18-12-8-5-9-13-18)15-19(20)14-17-10-6-4-7-11-17;/h7-18,20-24H,1-6H3;5,8-9,12,15-17H,4,6-7,10-11,14H2,1-3H3;/q2*-1;. The number of hydrogen-bond acceptors (Lipinski definition) is 3. The first-order valence-corrected chi connectivity index (χ1v) is 31.2. The van der Waals surface area contributed by atoms with Gasteiger partial charge in [-0.15, -0.1) is 17.7 Å². The molecule has 10 rings (SSSR count). The molecule has 0 spiro atoms. The van der Waals surface area contributed by atoms with Crippen molar-refractivity contribution in [3.05, 3.63) is 167 Å². The first-order valence-electron chi connectivity index (χ1n) is 23.9. The number of imidazole rings is 1. The first kappa shape index (κ1) is 47.4. The van der Waals surface area contributed by atoms with Gasteiger partial charge in [0.15, 0.2) is 0 Å². The van der Waals surface area contributed by atoms with Crippen molar-refractivity contribution in [3.8, 4) is 39.5 Å². The molecule has 9 aromatic rings. The average Bonchev–Trinajstić information content (AvgIpc) is 3.88. The molecule has 1 saturated carbocycles. The maximum Gasteiger partial charge on any atom is 0 e. The number of benzene rings is 6. The van der Waals surface area contributed by atoms with Crippen molar-refractivity contribution in [3.63, 3.8) is 0 Å². The molecule has 0 atom stereocenters. The Hall–Kier alpha value is -5.07. The van der Waals surface area contributed by atoms with Gasteiger partial charge in [-0.1, -0.05) is 100 Å². The molecule has 4 nitrogen and oxygen atoms in total. The van der Waals surface area contributed by atoms with Crippen LogP contribution >= 0.6 is 0 Å². The smallest absolute Gasteiger partial charge is 0 e. The number of fused-ring (bicyclic) bond motifs is 4. The maximum atomic E-state index is 6.63.